The van der Waals surface area contributed by atoms with Gasteiger partial charge in [0.1, 0.15) is 33.7 Å². The Morgan fingerprint density at radius 2 is 0.741 bits per heavy atom. The highest BCUT2D eigenvalue weighted by molar-refractivity contribution is 5.88. The Labute approximate surface area is 495 Å². The SMILES string of the molecule is CCCC[C@@](C)(Nc1nc(N)nc2cc(F)cnc12)C(C)O.CCCC[C@@](C)(Nc1nc(N)nc2cc(F)cnc12)C(C)O.CCCC[C@](C)(CO)Nc1nc(N)nc2cccnc12.CCCC[C@](C)(Nc1nc(N)nc2cccnc12)C(C)O. The maximum atomic E-state index is 13.3. The molecule has 0 saturated carbocycles. The molecule has 0 spiro atoms. The molecule has 24 nitrogen and oxygen atoms in total. The van der Waals surface area contributed by atoms with Crippen LogP contribution in [0.25, 0.3) is 44.1 Å². The van der Waals surface area contributed by atoms with Crippen LogP contribution in [-0.2, 0) is 0 Å². The molecule has 8 rings (SSSR count). The topological polar surface area (TPSA) is 388 Å². The van der Waals surface area contributed by atoms with E-state index < -0.39 is 52.1 Å². The average molecular weight is 1180 g/mol. The summed E-state index contributed by atoms with van der Waals surface area (Å²) in [7, 11) is 0. The second-order valence-corrected chi connectivity index (χ2v) is 22.4. The molecule has 7 atom stereocenters. The normalized spacial score (nSPS) is 15.2. The highest BCUT2D eigenvalue weighted by atomic mass is 19.1. The van der Waals surface area contributed by atoms with E-state index in [1.807, 2.05) is 45.9 Å². The van der Waals surface area contributed by atoms with Crippen LogP contribution in [0.2, 0.25) is 0 Å². The fourth-order valence-electron chi connectivity index (χ4n) is 8.95. The Morgan fingerprint density at radius 1 is 0.447 bits per heavy atom. The number of anilines is 8. The van der Waals surface area contributed by atoms with Gasteiger partial charge in [-0.1, -0.05) is 79.1 Å². The minimum absolute atomic E-state index is 0.0191. The molecule has 0 bridgehead atoms. The largest absolute Gasteiger partial charge is 0.394 e. The lowest BCUT2D eigenvalue weighted by atomic mass is 9.89. The van der Waals surface area contributed by atoms with Crippen molar-refractivity contribution in [2.24, 2.45) is 0 Å². The van der Waals surface area contributed by atoms with Gasteiger partial charge in [-0.25, -0.2) is 38.7 Å². The molecule has 3 unspecified atom stereocenters. The molecule has 26 heteroatoms. The first-order chi connectivity index (χ1) is 40.2. The third kappa shape index (κ3) is 18.8. The first-order valence-corrected chi connectivity index (χ1v) is 29.0. The van der Waals surface area contributed by atoms with Crippen LogP contribution < -0.4 is 44.2 Å². The second-order valence-electron chi connectivity index (χ2n) is 22.4. The summed E-state index contributed by atoms with van der Waals surface area (Å²) in [4.78, 5) is 49.8. The van der Waals surface area contributed by atoms with Crippen LogP contribution in [0.15, 0.2) is 61.2 Å². The quantitative estimate of drug-likeness (QED) is 0.0268. The number of nitrogens with one attached hydrogen (secondary N) is 4. The van der Waals surface area contributed by atoms with Crippen molar-refractivity contribution in [2.75, 3.05) is 50.8 Å². The first kappa shape index (κ1) is 67.8. The third-order valence-corrected chi connectivity index (χ3v) is 15.0. The molecule has 0 fully saturated rings. The van der Waals surface area contributed by atoms with E-state index in [-0.39, 0.29) is 30.4 Å². The van der Waals surface area contributed by atoms with Crippen molar-refractivity contribution in [1.82, 2.24) is 59.8 Å². The van der Waals surface area contributed by atoms with Gasteiger partial charge in [-0.2, -0.15) is 19.9 Å². The summed E-state index contributed by atoms with van der Waals surface area (Å²) >= 11 is 0. The van der Waals surface area contributed by atoms with E-state index in [1.165, 1.54) is 12.1 Å². The van der Waals surface area contributed by atoms with Crippen LogP contribution in [0.1, 0.15) is 153 Å². The maximum Gasteiger partial charge on any atom is 0.222 e. The van der Waals surface area contributed by atoms with Crippen LogP contribution in [-0.4, -0.2) is 127 Å². The number of nitrogens with zero attached hydrogens (tertiary/aromatic N) is 12. The molecule has 0 aliphatic carbocycles. The summed E-state index contributed by atoms with van der Waals surface area (Å²) in [5, 5.41) is 53.1. The van der Waals surface area contributed by atoms with Crippen LogP contribution in [0.3, 0.4) is 0 Å². The maximum absolute atomic E-state index is 13.3. The van der Waals surface area contributed by atoms with E-state index in [2.05, 4.69) is 109 Å². The smallest absolute Gasteiger partial charge is 0.222 e. The molecule has 8 aromatic heterocycles. The molecule has 462 valence electrons. The highest BCUT2D eigenvalue weighted by Crippen LogP contribution is 2.32. The Morgan fingerprint density at radius 3 is 1.05 bits per heavy atom. The summed E-state index contributed by atoms with van der Waals surface area (Å²) in [5.74, 6) is 1.44. The molecule has 85 heavy (non-hydrogen) atoms. The number of rotatable bonds is 24. The molecule has 0 saturated heterocycles. The minimum Gasteiger partial charge on any atom is -0.394 e. The van der Waals surface area contributed by atoms with Crippen molar-refractivity contribution < 1.29 is 29.2 Å². The van der Waals surface area contributed by atoms with Crippen LogP contribution in [0, 0.1) is 11.6 Å². The van der Waals surface area contributed by atoms with Gasteiger partial charge in [0.2, 0.25) is 23.8 Å². The van der Waals surface area contributed by atoms with Gasteiger partial charge in [0, 0.05) is 24.5 Å². The first-order valence-electron chi connectivity index (χ1n) is 29.0. The van der Waals surface area contributed by atoms with E-state index in [0.29, 0.717) is 67.4 Å². The molecule has 0 amide bonds. The lowest BCUT2D eigenvalue weighted by molar-refractivity contribution is 0.116. The van der Waals surface area contributed by atoms with E-state index in [1.54, 1.807) is 39.2 Å². The van der Waals surface area contributed by atoms with Crippen LogP contribution >= 0.6 is 0 Å². The van der Waals surface area contributed by atoms with Gasteiger partial charge in [-0.15, -0.1) is 0 Å². The zero-order chi connectivity index (χ0) is 62.7. The van der Waals surface area contributed by atoms with Gasteiger partial charge >= 0.3 is 0 Å². The van der Waals surface area contributed by atoms with Crippen LogP contribution in [0.4, 0.5) is 55.8 Å². The number of fused-ring (bicyclic) bond motifs is 4. The summed E-state index contributed by atoms with van der Waals surface area (Å²) < 4.78 is 26.6. The van der Waals surface area contributed by atoms with Gasteiger partial charge in [-0.3, -0.25) is 9.97 Å². The van der Waals surface area contributed by atoms with Gasteiger partial charge in [0.15, 0.2) is 23.3 Å². The van der Waals surface area contributed by atoms with Gasteiger partial charge in [-0.05, 0) is 98.4 Å². The molecular weight excluding hydrogens is 1090 g/mol. The fourth-order valence-corrected chi connectivity index (χ4v) is 8.95. The average Bonchev–Trinajstić information content (AvgIpc) is 3.63. The molecule has 0 aliphatic heterocycles. The van der Waals surface area contributed by atoms with E-state index >= 15 is 0 Å². The number of nitrogens with two attached hydrogens (primary N) is 4. The summed E-state index contributed by atoms with van der Waals surface area (Å²) in [6.07, 6.45) is 15.2. The monoisotopic (exact) mass is 1180 g/mol. The summed E-state index contributed by atoms with van der Waals surface area (Å²) in [6.45, 7) is 21.5. The Balaban J connectivity index is 0.000000207. The van der Waals surface area contributed by atoms with Gasteiger partial charge < -0.3 is 64.6 Å². The minimum atomic E-state index is -0.606. The van der Waals surface area contributed by atoms with Crippen molar-refractivity contribution in [1.29, 1.82) is 0 Å². The Hall–Kier alpha value is -7.94. The van der Waals surface area contributed by atoms with Crippen molar-refractivity contribution in [3.63, 3.8) is 0 Å². The Kier molecular flexibility index (Phi) is 24.5. The lowest BCUT2D eigenvalue weighted by Gasteiger charge is -2.34. The molecule has 0 radical (unpaired) electrons. The number of aromatic nitrogens is 12. The predicted molar refractivity (Wildman–Crippen MR) is 335 cm³/mol. The fraction of sp³-hybridized carbons (Fsp3) is 0.525. The van der Waals surface area contributed by atoms with Crippen molar-refractivity contribution in [3.8, 4) is 0 Å². The van der Waals surface area contributed by atoms with Crippen LogP contribution in [0.5, 0.6) is 0 Å². The number of unbranched alkanes of at least 4 members (excludes halogenated alkanes) is 4. The highest BCUT2D eigenvalue weighted by Gasteiger charge is 2.33. The summed E-state index contributed by atoms with van der Waals surface area (Å²) in [5.41, 5.74) is 25.0. The second kappa shape index (κ2) is 30.7. The Bertz CT molecular complexity index is 3300. The van der Waals surface area contributed by atoms with Gasteiger partial charge in [0.05, 0.1) is 81.5 Å². The van der Waals surface area contributed by atoms with Gasteiger partial charge in [0.25, 0.3) is 0 Å². The molecule has 8 heterocycles. The molecule has 0 aromatic carbocycles. The number of aliphatic hydroxyl groups is 4. The number of aliphatic hydroxyl groups excluding tert-OH is 4. The number of hydrogen-bond donors (Lipinski definition) is 12. The van der Waals surface area contributed by atoms with Crippen molar-refractivity contribution in [3.05, 3.63) is 72.8 Å². The van der Waals surface area contributed by atoms with Crippen molar-refractivity contribution in [2.45, 2.75) is 194 Å². The van der Waals surface area contributed by atoms with E-state index in [9.17, 15) is 29.2 Å². The molecule has 16 N–H and O–H groups in total. The molecule has 0 aliphatic rings. The number of halogens is 2. The van der Waals surface area contributed by atoms with E-state index in [0.717, 1.165) is 89.4 Å². The third-order valence-electron chi connectivity index (χ3n) is 15.0. The zero-order valence-corrected chi connectivity index (χ0v) is 50.9. The molecular formula is C59H88F2N20O4. The lowest BCUT2D eigenvalue weighted by Crippen LogP contribution is -2.45. The molecule has 8 aromatic rings. The van der Waals surface area contributed by atoms with E-state index in [4.69, 9.17) is 22.9 Å². The zero-order valence-electron chi connectivity index (χ0n) is 50.9. The standard InChI is InChI=1S/2C15H22FN5O.C15H23N5O.C14H21N5O/c2*1-4-5-6-15(3,9(2)22)21-13-12-11(19-14(17)20-13)7-10(16)8-18-12;1-4-5-8-15(3,10(2)21)20-13-12-11(7-6-9-17-12)18-14(16)19-13;1-3-4-7-14(2,9-20)19-12-11-10(6-5-8-16-11)17-13(15)18-12/h2*7-9,22H,4-6H2,1-3H3,(H3,17,19,20,21);6-7,9-10,21H,4-5,8H2,1-3H3,(H3,16,18,19,20);5-6,8,20H,3-4,7,9H2,1-2H3,(H3,15,17,18,19)/t2*9?,15-;10?,15-;14-/m1101/s1. The summed E-state index contributed by atoms with van der Waals surface area (Å²) in [6, 6.07) is 9.82. The predicted octanol–water partition coefficient (Wildman–Crippen LogP) is 9.28. The van der Waals surface area contributed by atoms with Crippen molar-refractivity contribution >= 4 is 91.2 Å². The number of pyridine rings is 4. The number of nitrogen functional groups attached to an aromatic ring is 4. The number of hydrogen-bond acceptors (Lipinski definition) is 24.